The van der Waals surface area contributed by atoms with Gasteiger partial charge in [-0.05, 0) is 97.1 Å². The van der Waals surface area contributed by atoms with Gasteiger partial charge in [0, 0.05) is 22.3 Å². The molecule has 4 aromatic carbocycles. The van der Waals surface area contributed by atoms with Crippen LogP contribution in [0.25, 0.3) is 0 Å². The van der Waals surface area contributed by atoms with Crippen LogP contribution in [-0.4, -0.2) is 31.3 Å². The Morgan fingerprint density at radius 3 is 0.703 bits per heavy atom. The van der Waals surface area contributed by atoms with Crippen molar-refractivity contribution in [3.8, 4) is 23.0 Å². The summed E-state index contributed by atoms with van der Waals surface area (Å²) in [5.41, 5.74) is 1.72. The Morgan fingerprint density at radius 1 is 0.351 bits per heavy atom. The van der Waals surface area contributed by atoms with Gasteiger partial charge in [-0.25, -0.2) is 0 Å². The van der Waals surface area contributed by atoms with Gasteiger partial charge in [-0.1, -0.05) is 0 Å². The summed E-state index contributed by atoms with van der Waals surface area (Å²) in [7, 11) is 0. The van der Waals surface area contributed by atoms with Gasteiger partial charge >= 0.3 is 6.16 Å². The molecular weight excluding hydrogens is 476 g/mol. The van der Waals surface area contributed by atoms with Gasteiger partial charge in [0.2, 0.25) is 0 Å². The molecule has 184 valence electrons. The van der Waals surface area contributed by atoms with E-state index < -0.39 is 6.16 Å². The van der Waals surface area contributed by atoms with Crippen LogP contribution in [0.15, 0.2) is 97.1 Å². The minimum absolute atomic E-state index is 0.240. The second kappa shape index (κ2) is 11.5. The Labute approximate surface area is 212 Å². The highest BCUT2D eigenvalue weighted by atomic mass is 17.0. The van der Waals surface area contributed by atoms with Crippen molar-refractivity contribution in [1.82, 2.24) is 0 Å². The zero-order valence-corrected chi connectivity index (χ0v) is 19.3. The summed E-state index contributed by atoms with van der Waals surface area (Å²) >= 11 is 0. The van der Waals surface area contributed by atoms with Crippen LogP contribution in [0.2, 0.25) is 0 Å². The Hall–Kier alpha value is -5.24. The normalized spacial score (nSPS) is 10.6. The zero-order chi connectivity index (χ0) is 26.1. The largest absolute Gasteiger partial charge is 0.611 e. The highest BCUT2D eigenvalue weighted by Gasteiger charge is 2.44. The van der Waals surface area contributed by atoms with Crippen LogP contribution >= 0.6 is 0 Å². The number of ether oxygens (including phenoxy) is 4. The average molecular weight is 496 g/mol. The first kappa shape index (κ1) is 24.9. The Morgan fingerprint density at radius 2 is 0.541 bits per heavy atom. The fourth-order valence-corrected chi connectivity index (χ4v) is 3.16. The maximum atomic E-state index is 11.1. The van der Waals surface area contributed by atoms with E-state index in [4.69, 9.17) is 18.9 Å². The quantitative estimate of drug-likeness (QED) is 0.196. The minimum Gasteiger partial charge on any atom is -0.386 e. The van der Waals surface area contributed by atoms with Gasteiger partial charge in [-0.3, -0.25) is 19.2 Å². The molecule has 0 aliphatic rings. The predicted molar refractivity (Wildman–Crippen MR) is 133 cm³/mol. The second-order valence-corrected chi connectivity index (χ2v) is 7.66. The summed E-state index contributed by atoms with van der Waals surface area (Å²) in [5, 5.41) is 0. The van der Waals surface area contributed by atoms with E-state index >= 15 is 0 Å². The molecule has 0 aromatic heterocycles. The third kappa shape index (κ3) is 6.46. The molecule has 0 bridgehead atoms. The van der Waals surface area contributed by atoms with Crippen LogP contribution in [-0.2, 0) is 0 Å². The zero-order valence-electron chi connectivity index (χ0n) is 19.3. The van der Waals surface area contributed by atoms with Gasteiger partial charge in [0.1, 0.15) is 48.1 Å². The number of benzene rings is 4. The fourth-order valence-electron chi connectivity index (χ4n) is 3.16. The molecule has 0 amide bonds. The molecule has 0 radical (unpaired) electrons. The summed E-state index contributed by atoms with van der Waals surface area (Å²) in [5.74, 6) is 0.960. The van der Waals surface area contributed by atoms with Crippen molar-refractivity contribution in [3.05, 3.63) is 119 Å². The van der Waals surface area contributed by atoms with Crippen LogP contribution < -0.4 is 18.9 Å². The molecule has 4 rings (SSSR count). The Kier molecular flexibility index (Phi) is 7.70. The van der Waals surface area contributed by atoms with Gasteiger partial charge < -0.3 is 18.9 Å². The van der Waals surface area contributed by atoms with Crippen molar-refractivity contribution in [2.75, 3.05) is 0 Å². The summed E-state index contributed by atoms with van der Waals surface area (Å²) < 4.78 is 24.4. The van der Waals surface area contributed by atoms with E-state index in [9.17, 15) is 19.2 Å². The predicted octanol–water partition coefficient (Wildman–Crippen LogP) is 5.16. The Bertz CT molecular complexity index is 1140. The van der Waals surface area contributed by atoms with Crippen molar-refractivity contribution < 1.29 is 38.1 Å². The number of carbonyl (C=O) groups excluding carboxylic acids is 4. The molecule has 0 atom stereocenters. The molecule has 8 nitrogen and oxygen atoms in total. The molecule has 0 N–H and O–H groups in total. The molecule has 0 fully saturated rings. The van der Waals surface area contributed by atoms with E-state index in [1.807, 2.05) is 0 Å². The molecule has 0 aliphatic heterocycles. The second-order valence-electron chi connectivity index (χ2n) is 7.66. The topological polar surface area (TPSA) is 105 Å². The summed E-state index contributed by atoms with van der Waals surface area (Å²) in [6, 6.07) is 24.7. The lowest BCUT2D eigenvalue weighted by atomic mass is 10.2. The molecular formula is C29H20O8. The van der Waals surface area contributed by atoms with Gasteiger partial charge in [0.25, 0.3) is 0 Å². The summed E-state index contributed by atoms with van der Waals surface area (Å²) in [6.45, 7) is 0. The maximum Gasteiger partial charge on any atom is 0.611 e. The van der Waals surface area contributed by atoms with E-state index in [2.05, 4.69) is 0 Å². The van der Waals surface area contributed by atoms with Crippen molar-refractivity contribution in [1.29, 1.82) is 0 Å². The summed E-state index contributed by atoms with van der Waals surface area (Å²) in [6.07, 6.45) is 0.504. The minimum atomic E-state index is -2.27. The molecule has 4 aromatic rings. The first-order valence-electron chi connectivity index (χ1n) is 11.0. The van der Waals surface area contributed by atoms with Crippen LogP contribution in [0.1, 0.15) is 41.4 Å². The highest BCUT2D eigenvalue weighted by Crippen LogP contribution is 2.30. The molecule has 0 heterocycles. The van der Waals surface area contributed by atoms with Crippen LogP contribution in [0.5, 0.6) is 23.0 Å². The number of hydrogen-bond acceptors (Lipinski definition) is 8. The first-order valence-corrected chi connectivity index (χ1v) is 11.0. The third-order valence-electron chi connectivity index (χ3n) is 5.04. The van der Waals surface area contributed by atoms with E-state index in [0.717, 1.165) is 0 Å². The lowest BCUT2D eigenvalue weighted by Crippen LogP contribution is -2.53. The van der Waals surface area contributed by atoms with Crippen molar-refractivity contribution in [2.24, 2.45) is 0 Å². The highest BCUT2D eigenvalue weighted by molar-refractivity contribution is 5.76. The molecule has 37 heavy (non-hydrogen) atoms. The first-order chi connectivity index (χ1) is 18.0. The molecule has 0 aliphatic carbocycles. The lowest BCUT2D eigenvalue weighted by molar-refractivity contribution is -0.367. The van der Waals surface area contributed by atoms with Gasteiger partial charge in [-0.15, -0.1) is 0 Å². The lowest BCUT2D eigenvalue weighted by Gasteiger charge is -2.32. The van der Waals surface area contributed by atoms with E-state index in [-0.39, 0.29) is 23.0 Å². The van der Waals surface area contributed by atoms with Crippen molar-refractivity contribution in [2.45, 2.75) is 6.16 Å². The maximum absolute atomic E-state index is 11.1. The molecule has 0 spiro atoms. The summed E-state index contributed by atoms with van der Waals surface area (Å²) in [4.78, 5) is 44.4. The van der Waals surface area contributed by atoms with E-state index in [1.165, 1.54) is 48.5 Å². The smallest absolute Gasteiger partial charge is 0.386 e. The van der Waals surface area contributed by atoms with Crippen LogP contribution in [0.3, 0.4) is 0 Å². The molecule has 0 unspecified atom stereocenters. The Balaban J connectivity index is 1.78. The number of rotatable bonds is 12. The van der Waals surface area contributed by atoms with Crippen LogP contribution in [0, 0.1) is 0 Å². The molecule has 0 saturated carbocycles. The molecule has 8 heteroatoms. The number of carbonyl (C=O) groups is 4. The monoisotopic (exact) mass is 496 g/mol. The van der Waals surface area contributed by atoms with E-state index in [1.54, 1.807) is 48.5 Å². The third-order valence-corrected chi connectivity index (χ3v) is 5.04. The van der Waals surface area contributed by atoms with Gasteiger partial charge in [-0.2, -0.15) is 0 Å². The SMILES string of the molecule is O=Cc1ccc(OC(Oc2ccc(C=O)cc2)(Oc2ccc(C=O)cc2)Oc2ccc(C=O)cc2)cc1. The van der Waals surface area contributed by atoms with E-state index in [0.29, 0.717) is 47.4 Å². The van der Waals surface area contributed by atoms with Gasteiger partial charge in [0.05, 0.1) is 0 Å². The van der Waals surface area contributed by atoms with Crippen molar-refractivity contribution in [3.63, 3.8) is 0 Å². The van der Waals surface area contributed by atoms with Crippen LogP contribution in [0.4, 0.5) is 0 Å². The fraction of sp³-hybridized carbons (Fsp3) is 0.0345. The van der Waals surface area contributed by atoms with Gasteiger partial charge in [0.15, 0.2) is 0 Å². The van der Waals surface area contributed by atoms with Crippen molar-refractivity contribution >= 4 is 25.1 Å². The number of aldehydes is 4. The standard InChI is InChI=1S/C29H20O8/c30-17-21-1-9-25(10-2-21)34-29(35-26-11-3-22(18-31)4-12-26,36-27-13-5-23(19-32)6-14-27)37-28-15-7-24(20-33)8-16-28/h1-20H. The number of hydrogen-bond donors (Lipinski definition) is 0. The average Bonchev–Trinajstić information content (AvgIpc) is 2.94. The molecule has 0 saturated heterocycles.